The monoisotopic (exact) mass is 311 g/mol. The molecule has 0 unspecified atom stereocenters. The number of fused-ring (bicyclic) bond motifs is 1. The number of hydrogen-bond acceptors (Lipinski definition) is 5. The fourth-order valence-corrected chi connectivity index (χ4v) is 2.28. The van der Waals surface area contributed by atoms with Crippen LogP contribution in [0.4, 0.5) is 5.69 Å². The van der Waals surface area contributed by atoms with Crippen molar-refractivity contribution in [3.8, 4) is 5.88 Å². The number of hydrogen-bond donors (Lipinski definition) is 2. The van der Waals surface area contributed by atoms with E-state index in [1.807, 2.05) is 19.1 Å². The molecule has 0 aliphatic carbocycles. The van der Waals surface area contributed by atoms with Crippen molar-refractivity contribution in [2.75, 3.05) is 0 Å². The Morgan fingerprint density at radius 1 is 1.32 bits per heavy atom. The average molecular weight is 311 g/mol. The van der Waals surface area contributed by atoms with E-state index in [-0.39, 0.29) is 17.0 Å². The van der Waals surface area contributed by atoms with Crippen LogP contribution in [-0.4, -0.2) is 20.7 Å². The van der Waals surface area contributed by atoms with Crippen LogP contribution in [0.3, 0.4) is 0 Å². The van der Waals surface area contributed by atoms with Gasteiger partial charge in [0.2, 0.25) is 5.88 Å². The van der Waals surface area contributed by atoms with Gasteiger partial charge in [0.1, 0.15) is 11.2 Å². The van der Waals surface area contributed by atoms with Gasteiger partial charge in [0, 0.05) is 17.3 Å². The minimum atomic E-state index is -0.372. The summed E-state index contributed by atoms with van der Waals surface area (Å²) >= 11 is 4.29. The molecular formula is C16H13N3O2S. The highest BCUT2D eigenvalue weighted by Gasteiger charge is 2.10. The Balaban J connectivity index is 2.14. The maximum atomic E-state index is 12.4. The molecule has 1 N–H and O–H groups in total. The number of aliphatic imine (C=N–C) groups is 1. The molecule has 2 aromatic heterocycles. The minimum absolute atomic E-state index is 0.0398. The number of benzene rings is 1. The second kappa shape index (κ2) is 5.65. The number of aryl methyl sites for hydroxylation is 1. The second-order valence-electron chi connectivity index (χ2n) is 4.83. The van der Waals surface area contributed by atoms with Crippen LogP contribution < -0.4 is 5.56 Å². The zero-order valence-corrected chi connectivity index (χ0v) is 12.7. The highest BCUT2D eigenvalue weighted by atomic mass is 32.1. The maximum Gasteiger partial charge on any atom is 0.270 e. The lowest BCUT2D eigenvalue weighted by atomic mass is 10.2. The molecule has 0 saturated carbocycles. The van der Waals surface area contributed by atoms with E-state index >= 15 is 0 Å². The first-order chi connectivity index (χ1) is 10.6. The van der Waals surface area contributed by atoms with Crippen molar-refractivity contribution >= 4 is 30.2 Å². The normalized spacial score (nSPS) is 11.4. The van der Waals surface area contributed by atoms with Gasteiger partial charge < -0.3 is 5.11 Å². The summed E-state index contributed by atoms with van der Waals surface area (Å²) in [6.07, 6.45) is 2.94. The largest absolute Gasteiger partial charge is 0.493 e. The summed E-state index contributed by atoms with van der Waals surface area (Å²) in [6.45, 7) is 1.89. The summed E-state index contributed by atoms with van der Waals surface area (Å²) in [4.78, 5) is 21.3. The molecule has 0 fully saturated rings. The van der Waals surface area contributed by atoms with E-state index in [1.54, 1.807) is 30.5 Å². The minimum Gasteiger partial charge on any atom is -0.493 e. The van der Waals surface area contributed by atoms with Crippen LogP contribution in [0.25, 0.3) is 5.65 Å². The molecule has 3 aromatic rings. The molecule has 110 valence electrons. The quantitative estimate of drug-likeness (QED) is 0.565. The number of para-hydroxylation sites is 1. The summed E-state index contributed by atoms with van der Waals surface area (Å²) in [5.74, 6) is -0.337. The Kier molecular flexibility index (Phi) is 3.68. The van der Waals surface area contributed by atoms with Gasteiger partial charge in [-0.25, -0.2) is 0 Å². The lowest BCUT2D eigenvalue weighted by molar-refractivity contribution is 0.452. The van der Waals surface area contributed by atoms with Gasteiger partial charge in [-0.15, -0.1) is 12.6 Å². The Morgan fingerprint density at radius 3 is 2.86 bits per heavy atom. The number of aromatic hydroxyl groups is 1. The lowest BCUT2D eigenvalue weighted by Crippen LogP contribution is -2.19. The summed E-state index contributed by atoms with van der Waals surface area (Å²) in [5, 5.41) is 9.99. The van der Waals surface area contributed by atoms with Crippen molar-refractivity contribution in [3.05, 3.63) is 64.1 Å². The van der Waals surface area contributed by atoms with Crippen LogP contribution in [0.5, 0.6) is 5.88 Å². The van der Waals surface area contributed by atoms with E-state index in [0.29, 0.717) is 16.2 Å². The molecule has 0 radical (unpaired) electrons. The summed E-state index contributed by atoms with van der Waals surface area (Å²) in [6, 6.07) is 10.8. The molecule has 22 heavy (non-hydrogen) atoms. The van der Waals surface area contributed by atoms with Crippen LogP contribution >= 0.6 is 12.6 Å². The highest BCUT2D eigenvalue weighted by molar-refractivity contribution is 7.80. The smallest absolute Gasteiger partial charge is 0.270 e. The molecule has 0 atom stereocenters. The third kappa shape index (κ3) is 2.60. The van der Waals surface area contributed by atoms with Gasteiger partial charge in [0.05, 0.1) is 5.69 Å². The Hall–Kier alpha value is -2.60. The third-order valence-electron chi connectivity index (χ3n) is 3.22. The Bertz CT molecular complexity index is 948. The molecule has 0 saturated heterocycles. The van der Waals surface area contributed by atoms with Gasteiger partial charge in [0.25, 0.3) is 5.56 Å². The summed E-state index contributed by atoms with van der Waals surface area (Å²) < 4.78 is 1.38. The topological polar surface area (TPSA) is 67.0 Å². The second-order valence-corrected chi connectivity index (χ2v) is 5.32. The summed E-state index contributed by atoms with van der Waals surface area (Å²) in [5.41, 5.74) is 1.63. The molecule has 1 aromatic carbocycles. The Morgan fingerprint density at radius 2 is 2.09 bits per heavy atom. The van der Waals surface area contributed by atoms with Gasteiger partial charge in [-0.2, -0.15) is 4.98 Å². The van der Waals surface area contributed by atoms with Gasteiger partial charge in [-0.1, -0.05) is 12.1 Å². The van der Waals surface area contributed by atoms with Crippen LogP contribution in [0.1, 0.15) is 11.1 Å². The predicted molar refractivity (Wildman–Crippen MR) is 88.8 cm³/mol. The fourth-order valence-electron chi connectivity index (χ4n) is 2.06. The molecule has 0 bridgehead atoms. The van der Waals surface area contributed by atoms with Crippen LogP contribution in [-0.2, 0) is 0 Å². The van der Waals surface area contributed by atoms with E-state index in [1.165, 1.54) is 10.6 Å². The van der Waals surface area contributed by atoms with Crippen molar-refractivity contribution in [1.82, 2.24) is 9.38 Å². The zero-order valence-electron chi connectivity index (χ0n) is 11.8. The third-order valence-corrected chi connectivity index (χ3v) is 3.59. The molecule has 6 heteroatoms. The molecule has 0 aliphatic rings. The van der Waals surface area contributed by atoms with Gasteiger partial charge in [-0.3, -0.25) is 14.2 Å². The first-order valence-corrected chi connectivity index (χ1v) is 7.05. The number of nitrogens with zero attached hydrogens (tertiary/aromatic N) is 3. The molecular weight excluding hydrogens is 298 g/mol. The van der Waals surface area contributed by atoms with Crippen molar-refractivity contribution in [1.29, 1.82) is 0 Å². The lowest BCUT2D eigenvalue weighted by Gasteiger charge is -2.04. The fraction of sp³-hybridized carbons (Fsp3) is 0.0625. The standard InChI is InChI=1S/C16H13N3O2S/c1-10-6-7-19-14(8-10)18-15(20)11(16(19)21)9-17-12-4-2-3-5-13(12)22/h2-9,20,22H,1H3. The summed E-state index contributed by atoms with van der Waals surface area (Å²) in [7, 11) is 0. The SMILES string of the molecule is Cc1ccn2c(=O)c(C=Nc3ccccc3S)c(O)nc2c1. The van der Waals surface area contributed by atoms with E-state index in [0.717, 1.165) is 5.56 Å². The van der Waals surface area contributed by atoms with E-state index in [9.17, 15) is 9.90 Å². The first-order valence-electron chi connectivity index (χ1n) is 6.60. The van der Waals surface area contributed by atoms with Crippen LogP contribution in [0.2, 0.25) is 0 Å². The first kappa shape index (κ1) is 14.3. The number of thiol groups is 1. The van der Waals surface area contributed by atoms with E-state index in [2.05, 4.69) is 22.6 Å². The maximum absolute atomic E-state index is 12.4. The number of aromatic nitrogens is 2. The highest BCUT2D eigenvalue weighted by Crippen LogP contribution is 2.22. The van der Waals surface area contributed by atoms with Crippen molar-refractivity contribution < 1.29 is 5.11 Å². The average Bonchev–Trinajstić information content (AvgIpc) is 2.48. The van der Waals surface area contributed by atoms with Gasteiger partial charge in [0.15, 0.2) is 0 Å². The number of pyridine rings is 1. The molecule has 5 nitrogen and oxygen atoms in total. The van der Waals surface area contributed by atoms with Crippen LogP contribution in [0.15, 0.2) is 57.3 Å². The van der Waals surface area contributed by atoms with Crippen molar-refractivity contribution in [3.63, 3.8) is 0 Å². The van der Waals surface area contributed by atoms with E-state index < -0.39 is 0 Å². The van der Waals surface area contributed by atoms with Crippen molar-refractivity contribution in [2.24, 2.45) is 4.99 Å². The molecule has 0 aliphatic heterocycles. The number of rotatable bonds is 2. The van der Waals surface area contributed by atoms with Gasteiger partial charge in [-0.05, 0) is 36.8 Å². The Labute approximate surface area is 132 Å². The predicted octanol–water partition coefficient (Wildman–Crippen LogP) is 2.75. The molecule has 0 amide bonds. The molecule has 3 rings (SSSR count). The van der Waals surface area contributed by atoms with Crippen LogP contribution in [0, 0.1) is 6.92 Å². The zero-order chi connectivity index (χ0) is 15.7. The van der Waals surface area contributed by atoms with E-state index in [4.69, 9.17) is 0 Å². The molecule has 2 heterocycles. The molecule has 0 spiro atoms. The van der Waals surface area contributed by atoms with Crippen molar-refractivity contribution in [2.45, 2.75) is 11.8 Å². The van der Waals surface area contributed by atoms with Gasteiger partial charge >= 0.3 is 0 Å².